The fourth-order valence-corrected chi connectivity index (χ4v) is 3.41. The van der Waals surface area contributed by atoms with E-state index in [0.717, 1.165) is 43.0 Å². The van der Waals surface area contributed by atoms with Crippen molar-refractivity contribution in [1.29, 1.82) is 0 Å². The molecule has 0 radical (unpaired) electrons. The van der Waals surface area contributed by atoms with Crippen LogP contribution in [-0.4, -0.2) is 34.9 Å². The summed E-state index contributed by atoms with van der Waals surface area (Å²) in [6.45, 7) is 0.952. The third kappa shape index (κ3) is 3.43. The highest BCUT2D eigenvalue weighted by Crippen LogP contribution is 2.27. The topological polar surface area (TPSA) is 78.3 Å². The third-order valence-corrected chi connectivity index (χ3v) is 4.91. The number of methoxy groups -OCH3 is 2. The molecule has 0 unspecified atom stereocenters. The Morgan fingerprint density at radius 3 is 2.61 bits per heavy atom. The standard InChI is InChI=1S/C21H22N4O3/c1-27-16-10-11-17(18(13-16)28-2)21(26)22-15-8-6-14(7-9-15)20-24-23-19-5-3-4-12-25(19)20/h6-11,13H,3-5,12H2,1-2H3,(H,22,26). The SMILES string of the molecule is COc1ccc(C(=O)Nc2ccc(-c3nnc4n3CCCC4)cc2)c(OC)c1. The molecule has 1 N–H and O–H groups in total. The van der Waals surface area contributed by atoms with E-state index in [2.05, 4.69) is 20.1 Å². The summed E-state index contributed by atoms with van der Waals surface area (Å²) in [6.07, 6.45) is 3.29. The highest BCUT2D eigenvalue weighted by Gasteiger charge is 2.17. The Bertz CT molecular complexity index is 995. The second-order valence-corrected chi connectivity index (χ2v) is 6.65. The zero-order valence-electron chi connectivity index (χ0n) is 15.9. The number of hydrogen-bond acceptors (Lipinski definition) is 5. The lowest BCUT2D eigenvalue weighted by molar-refractivity contribution is 0.102. The molecule has 1 aromatic heterocycles. The quantitative estimate of drug-likeness (QED) is 0.735. The van der Waals surface area contributed by atoms with Gasteiger partial charge in [-0.1, -0.05) is 0 Å². The molecule has 0 bridgehead atoms. The number of aryl methyl sites for hydroxylation is 1. The monoisotopic (exact) mass is 378 g/mol. The number of amides is 1. The van der Waals surface area contributed by atoms with Gasteiger partial charge < -0.3 is 19.4 Å². The van der Waals surface area contributed by atoms with Gasteiger partial charge in [-0.25, -0.2) is 0 Å². The molecule has 0 saturated heterocycles. The highest BCUT2D eigenvalue weighted by molar-refractivity contribution is 6.06. The second-order valence-electron chi connectivity index (χ2n) is 6.65. The Morgan fingerprint density at radius 1 is 1.04 bits per heavy atom. The summed E-state index contributed by atoms with van der Waals surface area (Å²) < 4.78 is 12.7. The van der Waals surface area contributed by atoms with Gasteiger partial charge in [0.25, 0.3) is 5.91 Å². The average molecular weight is 378 g/mol. The molecule has 0 fully saturated rings. The average Bonchev–Trinajstić information content (AvgIpc) is 3.18. The Morgan fingerprint density at radius 2 is 1.86 bits per heavy atom. The van der Waals surface area contributed by atoms with Gasteiger partial charge in [0.2, 0.25) is 0 Å². The van der Waals surface area contributed by atoms with Gasteiger partial charge in [-0.05, 0) is 49.2 Å². The van der Waals surface area contributed by atoms with Crippen molar-refractivity contribution in [2.75, 3.05) is 19.5 Å². The maximum absolute atomic E-state index is 12.6. The van der Waals surface area contributed by atoms with Gasteiger partial charge in [0.15, 0.2) is 5.82 Å². The molecule has 3 aromatic rings. The maximum Gasteiger partial charge on any atom is 0.259 e. The van der Waals surface area contributed by atoms with E-state index in [1.165, 1.54) is 7.11 Å². The van der Waals surface area contributed by atoms with Crippen molar-refractivity contribution in [2.24, 2.45) is 0 Å². The summed E-state index contributed by atoms with van der Waals surface area (Å²) in [5, 5.41) is 11.5. The van der Waals surface area contributed by atoms with Crippen LogP contribution in [0.3, 0.4) is 0 Å². The van der Waals surface area contributed by atoms with E-state index in [1.807, 2.05) is 24.3 Å². The number of ether oxygens (including phenoxy) is 2. The molecule has 0 saturated carbocycles. The molecular formula is C21H22N4O3. The maximum atomic E-state index is 12.6. The predicted octanol–water partition coefficient (Wildman–Crippen LogP) is 3.55. The Balaban J connectivity index is 1.52. The lowest BCUT2D eigenvalue weighted by atomic mass is 10.1. The number of benzene rings is 2. The van der Waals surface area contributed by atoms with E-state index in [-0.39, 0.29) is 5.91 Å². The molecule has 4 rings (SSSR count). The van der Waals surface area contributed by atoms with Crippen molar-refractivity contribution in [3.05, 3.63) is 53.9 Å². The molecule has 2 heterocycles. The zero-order chi connectivity index (χ0) is 19.5. The van der Waals surface area contributed by atoms with Crippen molar-refractivity contribution in [3.63, 3.8) is 0 Å². The molecule has 7 nitrogen and oxygen atoms in total. The van der Waals surface area contributed by atoms with Gasteiger partial charge >= 0.3 is 0 Å². The Kier molecular flexibility index (Phi) is 4.97. The molecule has 0 aliphatic carbocycles. The summed E-state index contributed by atoms with van der Waals surface area (Å²) in [4.78, 5) is 12.6. The number of fused-ring (bicyclic) bond motifs is 1. The molecule has 1 aliphatic heterocycles. The number of anilines is 1. The summed E-state index contributed by atoms with van der Waals surface area (Å²) >= 11 is 0. The van der Waals surface area contributed by atoms with Crippen LogP contribution in [0.1, 0.15) is 29.0 Å². The Labute approximate surface area is 163 Å². The van der Waals surface area contributed by atoms with Gasteiger partial charge in [0.1, 0.15) is 17.3 Å². The second kappa shape index (κ2) is 7.72. The molecule has 1 aliphatic rings. The van der Waals surface area contributed by atoms with Gasteiger partial charge in [-0.3, -0.25) is 4.79 Å². The van der Waals surface area contributed by atoms with E-state index in [4.69, 9.17) is 9.47 Å². The van der Waals surface area contributed by atoms with Crippen LogP contribution < -0.4 is 14.8 Å². The van der Waals surface area contributed by atoms with Crippen LogP contribution in [-0.2, 0) is 13.0 Å². The number of carbonyl (C=O) groups is 1. The van der Waals surface area contributed by atoms with Crippen molar-refractivity contribution < 1.29 is 14.3 Å². The van der Waals surface area contributed by atoms with Gasteiger partial charge in [-0.2, -0.15) is 0 Å². The van der Waals surface area contributed by atoms with Crippen LogP contribution in [0, 0.1) is 0 Å². The lowest BCUT2D eigenvalue weighted by Gasteiger charge is -2.15. The van der Waals surface area contributed by atoms with Crippen LogP contribution in [0.5, 0.6) is 11.5 Å². The first-order valence-corrected chi connectivity index (χ1v) is 9.25. The van der Waals surface area contributed by atoms with Crippen molar-refractivity contribution >= 4 is 11.6 Å². The molecule has 0 spiro atoms. The molecule has 1 amide bonds. The van der Waals surface area contributed by atoms with Crippen molar-refractivity contribution in [2.45, 2.75) is 25.8 Å². The predicted molar refractivity (Wildman–Crippen MR) is 106 cm³/mol. The molecule has 144 valence electrons. The fourth-order valence-electron chi connectivity index (χ4n) is 3.41. The van der Waals surface area contributed by atoms with Crippen LogP contribution in [0.15, 0.2) is 42.5 Å². The molecule has 7 heteroatoms. The van der Waals surface area contributed by atoms with E-state index in [1.54, 1.807) is 25.3 Å². The number of nitrogens with zero attached hydrogens (tertiary/aromatic N) is 3. The van der Waals surface area contributed by atoms with Crippen molar-refractivity contribution in [1.82, 2.24) is 14.8 Å². The van der Waals surface area contributed by atoms with Gasteiger partial charge in [-0.15, -0.1) is 10.2 Å². The number of aromatic nitrogens is 3. The van der Waals surface area contributed by atoms with Gasteiger partial charge in [0, 0.05) is 30.3 Å². The summed E-state index contributed by atoms with van der Waals surface area (Å²) in [6, 6.07) is 12.7. The van der Waals surface area contributed by atoms with E-state index < -0.39 is 0 Å². The van der Waals surface area contributed by atoms with Crippen LogP contribution >= 0.6 is 0 Å². The van der Waals surface area contributed by atoms with Crippen LogP contribution in [0.2, 0.25) is 0 Å². The van der Waals surface area contributed by atoms with Crippen LogP contribution in [0.25, 0.3) is 11.4 Å². The smallest absolute Gasteiger partial charge is 0.259 e. The summed E-state index contributed by atoms with van der Waals surface area (Å²) in [5.41, 5.74) is 2.13. The third-order valence-electron chi connectivity index (χ3n) is 4.91. The number of rotatable bonds is 5. The Hall–Kier alpha value is -3.35. The highest BCUT2D eigenvalue weighted by atomic mass is 16.5. The lowest BCUT2D eigenvalue weighted by Crippen LogP contribution is -2.13. The van der Waals surface area contributed by atoms with Crippen LogP contribution in [0.4, 0.5) is 5.69 Å². The summed E-state index contributed by atoms with van der Waals surface area (Å²) in [5.74, 6) is 2.78. The van der Waals surface area contributed by atoms with E-state index in [0.29, 0.717) is 22.7 Å². The van der Waals surface area contributed by atoms with E-state index in [9.17, 15) is 4.79 Å². The first-order chi connectivity index (χ1) is 13.7. The molecular weight excluding hydrogens is 356 g/mol. The minimum atomic E-state index is -0.243. The van der Waals surface area contributed by atoms with E-state index >= 15 is 0 Å². The first kappa shape index (κ1) is 18.0. The largest absolute Gasteiger partial charge is 0.497 e. The molecule has 0 atom stereocenters. The minimum absolute atomic E-state index is 0.243. The molecule has 2 aromatic carbocycles. The number of carbonyl (C=O) groups excluding carboxylic acids is 1. The van der Waals surface area contributed by atoms with Gasteiger partial charge in [0.05, 0.1) is 19.8 Å². The minimum Gasteiger partial charge on any atom is -0.497 e. The molecule has 28 heavy (non-hydrogen) atoms. The zero-order valence-corrected chi connectivity index (χ0v) is 15.9. The van der Waals surface area contributed by atoms with Crippen molar-refractivity contribution in [3.8, 4) is 22.9 Å². The summed E-state index contributed by atoms with van der Waals surface area (Å²) in [7, 11) is 3.10. The first-order valence-electron chi connectivity index (χ1n) is 9.25. The number of hydrogen-bond donors (Lipinski definition) is 1. The fraction of sp³-hybridized carbons (Fsp3) is 0.286. The normalized spacial score (nSPS) is 12.9. The number of nitrogens with one attached hydrogen (secondary N) is 1.